The van der Waals surface area contributed by atoms with Crippen LogP contribution in [0.3, 0.4) is 0 Å². The normalized spacial score (nSPS) is 10.6. The number of aromatic nitrogens is 3. The van der Waals surface area contributed by atoms with E-state index < -0.39 is 0 Å². The van der Waals surface area contributed by atoms with Gasteiger partial charge in [-0.15, -0.1) is 16.4 Å². The predicted molar refractivity (Wildman–Crippen MR) is 96.7 cm³/mol. The zero-order valence-electron chi connectivity index (χ0n) is 14.1. The molecule has 2 heterocycles. The molecule has 3 rings (SSSR count). The largest absolute Gasteiger partial charge is 0.402 e. The molecule has 2 amide bonds. The van der Waals surface area contributed by atoms with E-state index in [1.165, 1.54) is 16.9 Å². The molecule has 0 fully saturated rings. The number of rotatable bonds is 6. The van der Waals surface area contributed by atoms with Crippen LogP contribution in [-0.4, -0.2) is 27.8 Å². The Morgan fingerprint density at radius 1 is 1.20 bits per heavy atom. The van der Waals surface area contributed by atoms with Crippen molar-refractivity contribution < 1.29 is 9.21 Å². The highest BCUT2D eigenvalue weighted by atomic mass is 32.1. The number of nitrogens with zero attached hydrogens (tertiary/aromatic N) is 3. The molecule has 0 aliphatic heterocycles. The quantitative estimate of drug-likeness (QED) is 0.658. The van der Waals surface area contributed by atoms with Gasteiger partial charge >= 0.3 is 12.0 Å². The summed E-state index contributed by atoms with van der Waals surface area (Å²) in [6, 6.07) is 9.86. The van der Waals surface area contributed by atoms with E-state index in [4.69, 9.17) is 4.42 Å². The lowest BCUT2D eigenvalue weighted by molar-refractivity contribution is 0.251. The van der Waals surface area contributed by atoms with Crippen molar-refractivity contribution in [3.8, 4) is 10.8 Å². The van der Waals surface area contributed by atoms with Gasteiger partial charge in [-0.3, -0.25) is 5.32 Å². The van der Waals surface area contributed by atoms with E-state index in [1.54, 1.807) is 0 Å². The topological polar surface area (TPSA) is 92.9 Å². The van der Waals surface area contributed by atoms with Crippen molar-refractivity contribution in [2.45, 2.75) is 26.7 Å². The summed E-state index contributed by atoms with van der Waals surface area (Å²) in [6.07, 6.45) is 1.77. The van der Waals surface area contributed by atoms with Gasteiger partial charge in [-0.2, -0.15) is 0 Å². The third kappa shape index (κ3) is 4.63. The Kier molecular flexibility index (Phi) is 5.39. The van der Waals surface area contributed by atoms with E-state index >= 15 is 0 Å². The molecule has 0 bridgehead atoms. The monoisotopic (exact) mass is 357 g/mol. The molecule has 0 spiro atoms. The smallest absolute Gasteiger partial charge is 0.324 e. The highest BCUT2D eigenvalue weighted by Crippen LogP contribution is 2.29. The van der Waals surface area contributed by atoms with Crippen molar-refractivity contribution in [1.82, 2.24) is 20.5 Å². The minimum Gasteiger partial charge on any atom is -0.402 e. The van der Waals surface area contributed by atoms with Crippen LogP contribution < -0.4 is 10.6 Å². The van der Waals surface area contributed by atoms with Gasteiger partial charge in [0.05, 0.1) is 10.7 Å². The zero-order valence-corrected chi connectivity index (χ0v) is 14.9. The van der Waals surface area contributed by atoms with E-state index in [1.807, 2.05) is 32.0 Å². The average molecular weight is 357 g/mol. The average Bonchev–Trinajstić information content (AvgIpc) is 3.18. The molecule has 2 N–H and O–H groups in total. The maximum absolute atomic E-state index is 11.9. The molecule has 0 aliphatic carbocycles. The Balaban J connectivity index is 1.46. The van der Waals surface area contributed by atoms with Crippen molar-refractivity contribution >= 4 is 23.4 Å². The van der Waals surface area contributed by atoms with Gasteiger partial charge in [-0.25, -0.2) is 9.78 Å². The highest BCUT2D eigenvalue weighted by Gasteiger charge is 2.15. The maximum atomic E-state index is 11.9. The van der Waals surface area contributed by atoms with Crippen LogP contribution in [0.2, 0.25) is 0 Å². The van der Waals surface area contributed by atoms with Crippen molar-refractivity contribution in [3.63, 3.8) is 0 Å². The van der Waals surface area contributed by atoms with Crippen LogP contribution >= 0.6 is 11.3 Å². The predicted octanol–water partition coefficient (Wildman–Crippen LogP) is 3.56. The number of urea groups is 1. The van der Waals surface area contributed by atoms with Crippen LogP contribution in [0.5, 0.6) is 0 Å². The lowest BCUT2D eigenvalue weighted by Crippen LogP contribution is -2.29. The molecule has 0 saturated heterocycles. The summed E-state index contributed by atoms with van der Waals surface area (Å²) < 4.78 is 5.49. The third-order valence-corrected chi connectivity index (χ3v) is 4.57. The van der Waals surface area contributed by atoms with E-state index in [9.17, 15) is 4.79 Å². The molecule has 8 heteroatoms. The fraction of sp³-hybridized carbons (Fsp3) is 0.294. The highest BCUT2D eigenvalue weighted by molar-refractivity contribution is 7.15. The van der Waals surface area contributed by atoms with Crippen LogP contribution in [0.25, 0.3) is 10.8 Å². The van der Waals surface area contributed by atoms with Gasteiger partial charge < -0.3 is 9.73 Å². The molecular weight excluding hydrogens is 338 g/mol. The summed E-state index contributed by atoms with van der Waals surface area (Å²) in [5, 5.41) is 14.1. The molecule has 1 aromatic carbocycles. The molecule has 0 radical (unpaired) electrons. The Morgan fingerprint density at radius 2 is 2.00 bits per heavy atom. The summed E-state index contributed by atoms with van der Waals surface area (Å²) in [7, 11) is 0. The number of aryl methyl sites for hydroxylation is 3. The molecular formula is C17H19N5O2S. The number of amides is 2. The number of hydrogen-bond acceptors (Lipinski definition) is 6. The third-order valence-electron chi connectivity index (χ3n) is 3.51. The van der Waals surface area contributed by atoms with Crippen molar-refractivity contribution in [3.05, 3.63) is 46.6 Å². The van der Waals surface area contributed by atoms with Crippen LogP contribution in [0, 0.1) is 13.8 Å². The summed E-state index contributed by atoms with van der Waals surface area (Å²) in [5.41, 5.74) is 2.09. The Bertz CT molecular complexity index is 844. The molecule has 0 saturated carbocycles. The molecule has 0 unspecified atom stereocenters. The van der Waals surface area contributed by atoms with Gasteiger partial charge in [0, 0.05) is 6.54 Å². The first-order valence-corrected chi connectivity index (χ1v) is 8.80. The first kappa shape index (κ1) is 17.1. The van der Waals surface area contributed by atoms with Gasteiger partial charge in [0.15, 0.2) is 0 Å². The fourth-order valence-corrected chi connectivity index (χ4v) is 3.22. The second-order valence-corrected chi connectivity index (χ2v) is 6.73. The van der Waals surface area contributed by atoms with Crippen LogP contribution in [0.15, 0.2) is 34.7 Å². The number of thiazole rings is 1. The van der Waals surface area contributed by atoms with E-state index in [0.29, 0.717) is 12.4 Å². The Labute approximate surface area is 149 Å². The van der Waals surface area contributed by atoms with Gasteiger partial charge in [-0.1, -0.05) is 35.4 Å². The van der Waals surface area contributed by atoms with Crippen molar-refractivity contribution in [1.29, 1.82) is 0 Å². The molecule has 0 aliphatic rings. The number of benzene rings is 1. The van der Waals surface area contributed by atoms with Gasteiger partial charge in [0.1, 0.15) is 4.88 Å². The maximum Gasteiger partial charge on any atom is 0.324 e. The lowest BCUT2D eigenvalue weighted by Gasteiger charge is -2.04. The minimum absolute atomic E-state index is 0.0704. The molecule has 2 aromatic heterocycles. The number of anilines is 1. The van der Waals surface area contributed by atoms with Crippen LogP contribution in [0.4, 0.5) is 10.8 Å². The van der Waals surface area contributed by atoms with Gasteiger partial charge in [0.25, 0.3) is 5.89 Å². The lowest BCUT2D eigenvalue weighted by atomic mass is 10.1. The van der Waals surface area contributed by atoms with Crippen molar-refractivity contribution in [2.75, 3.05) is 11.9 Å². The first-order chi connectivity index (χ1) is 12.1. The van der Waals surface area contributed by atoms with E-state index in [2.05, 4.69) is 37.9 Å². The molecule has 7 nitrogen and oxygen atoms in total. The fourth-order valence-electron chi connectivity index (χ4n) is 2.38. The number of hydrogen-bond donors (Lipinski definition) is 2. The molecule has 0 atom stereocenters. The summed E-state index contributed by atoms with van der Waals surface area (Å²) >= 11 is 1.48. The van der Waals surface area contributed by atoms with Crippen molar-refractivity contribution in [2.24, 2.45) is 0 Å². The van der Waals surface area contributed by atoms with Gasteiger partial charge in [0.2, 0.25) is 0 Å². The van der Waals surface area contributed by atoms with Crippen LogP contribution in [-0.2, 0) is 6.42 Å². The Morgan fingerprint density at radius 3 is 2.72 bits per heavy atom. The minimum atomic E-state index is -0.361. The standard InChI is InChI=1S/C17H19N5O2S/c1-11-14(25-12(2)19-11)15-21-22-17(24-15)20-16(23)18-10-6-9-13-7-4-3-5-8-13/h3-5,7-8H,6,9-10H2,1-2H3,(H2,18,20,22,23). The second kappa shape index (κ2) is 7.89. The first-order valence-electron chi connectivity index (χ1n) is 7.98. The summed E-state index contributed by atoms with van der Waals surface area (Å²) in [4.78, 5) is 17.0. The van der Waals surface area contributed by atoms with E-state index in [0.717, 1.165) is 28.4 Å². The number of nitrogens with one attached hydrogen (secondary N) is 2. The summed E-state index contributed by atoms with van der Waals surface area (Å²) in [5.74, 6) is 0.363. The summed E-state index contributed by atoms with van der Waals surface area (Å²) in [6.45, 7) is 4.37. The molecule has 130 valence electrons. The SMILES string of the molecule is Cc1nc(C)c(-c2nnc(NC(=O)NCCCc3ccccc3)o2)s1. The number of carbonyl (C=O) groups is 1. The second-order valence-electron chi connectivity index (χ2n) is 5.53. The molecule has 25 heavy (non-hydrogen) atoms. The van der Waals surface area contributed by atoms with E-state index in [-0.39, 0.29) is 12.0 Å². The molecule has 3 aromatic rings. The Hall–Kier alpha value is -2.74. The number of carbonyl (C=O) groups excluding carboxylic acids is 1. The van der Waals surface area contributed by atoms with Gasteiger partial charge in [-0.05, 0) is 32.3 Å². The zero-order chi connectivity index (χ0) is 17.6. The van der Waals surface area contributed by atoms with Crippen LogP contribution in [0.1, 0.15) is 22.7 Å².